The highest BCUT2D eigenvalue weighted by Crippen LogP contribution is 2.22. The Kier molecular flexibility index (Phi) is 5.82. The summed E-state index contributed by atoms with van der Waals surface area (Å²) >= 11 is 0. The monoisotopic (exact) mass is 373 g/mol. The Morgan fingerprint density at radius 3 is 2.70 bits per heavy atom. The van der Waals surface area contributed by atoms with Gasteiger partial charge in [0.2, 0.25) is 0 Å². The van der Waals surface area contributed by atoms with Crippen LogP contribution in [-0.4, -0.2) is 49.3 Å². The van der Waals surface area contributed by atoms with Crippen LogP contribution < -0.4 is 16.3 Å². The lowest BCUT2D eigenvalue weighted by atomic mass is 9.95. The van der Waals surface area contributed by atoms with Crippen LogP contribution in [-0.2, 0) is 4.74 Å². The normalized spacial score (nSPS) is 17.4. The van der Waals surface area contributed by atoms with Crippen LogP contribution in [0, 0.1) is 6.92 Å². The number of hydrogen-bond donors (Lipinski definition) is 2. The number of benzene rings is 1. The van der Waals surface area contributed by atoms with Crippen LogP contribution in [0.1, 0.15) is 25.8 Å². The second kappa shape index (κ2) is 8.10. The van der Waals surface area contributed by atoms with Crippen molar-refractivity contribution in [2.45, 2.75) is 32.7 Å². The van der Waals surface area contributed by atoms with Gasteiger partial charge < -0.3 is 19.8 Å². The molecule has 7 nitrogen and oxygen atoms in total. The molecule has 0 bridgehead atoms. The van der Waals surface area contributed by atoms with Crippen LogP contribution in [0.5, 0.6) is 0 Å². The molecule has 7 heteroatoms. The van der Waals surface area contributed by atoms with E-state index in [9.17, 15) is 9.59 Å². The molecule has 3 rings (SSSR count). The Bertz CT molecular complexity index is 873. The lowest BCUT2D eigenvalue weighted by molar-refractivity contribution is -0.0163. The fraction of sp³-hybridized carbons (Fsp3) is 0.500. The topological polar surface area (TPSA) is 83.8 Å². The van der Waals surface area contributed by atoms with E-state index in [1.165, 1.54) is 6.07 Å². The molecule has 2 heterocycles. The molecule has 1 fully saturated rings. The van der Waals surface area contributed by atoms with Crippen molar-refractivity contribution < 1.29 is 13.9 Å². The van der Waals surface area contributed by atoms with Crippen LogP contribution in [0.15, 0.2) is 33.5 Å². The van der Waals surface area contributed by atoms with Gasteiger partial charge >= 0.3 is 11.7 Å². The van der Waals surface area contributed by atoms with Crippen LogP contribution in [0.2, 0.25) is 0 Å². The van der Waals surface area contributed by atoms with Crippen molar-refractivity contribution in [1.82, 2.24) is 10.2 Å². The van der Waals surface area contributed by atoms with Gasteiger partial charge in [-0.25, -0.2) is 9.59 Å². The van der Waals surface area contributed by atoms with E-state index >= 15 is 0 Å². The first-order valence-corrected chi connectivity index (χ1v) is 9.33. The largest absolute Gasteiger partial charge is 0.423 e. The number of aryl methyl sites for hydroxylation is 1. The highest BCUT2D eigenvalue weighted by Gasteiger charge is 2.31. The first-order valence-electron chi connectivity index (χ1n) is 9.33. The summed E-state index contributed by atoms with van der Waals surface area (Å²) in [6.07, 6.45) is 0.924. The Morgan fingerprint density at radius 2 is 2.00 bits per heavy atom. The second-order valence-corrected chi connectivity index (χ2v) is 7.22. The minimum Gasteiger partial charge on any atom is -0.423 e. The molecule has 2 aromatic rings. The maximum Gasteiger partial charge on any atom is 0.336 e. The molecular formula is C20H27N3O4. The molecule has 0 aliphatic carbocycles. The summed E-state index contributed by atoms with van der Waals surface area (Å²) in [6.45, 7) is 9.88. The summed E-state index contributed by atoms with van der Waals surface area (Å²) in [5, 5.41) is 6.64. The summed E-state index contributed by atoms with van der Waals surface area (Å²) in [6, 6.07) is 6.49. The van der Waals surface area contributed by atoms with E-state index in [1.807, 2.05) is 13.0 Å². The third kappa shape index (κ3) is 4.48. The number of nitrogens with zero attached hydrogens (tertiary/aromatic N) is 1. The van der Waals surface area contributed by atoms with E-state index in [2.05, 4.69) is 29.4 Å². The zero-order valence-electron chi connectivity index (χ0n) is 16.1. The SMILES string of the molecule is CC[C@](C)(CNC(=O)Nc1ccc2c(C)cc(=O)oc2c1)N1CCOCC1. The van der Waals surface area contributed by atoms with E-state index in [1.54, 1.807) is 12.1 Å². The summed E-state index contributed by atoms with van der Waals surface area (Å²) in [4.78, 5) is 26.3. The van der Waals surface area contributed by atoms with Crippen molar-refractivity contribution in [3.05, 3.63) is 40.2 Å². The molecule has 1 aliphatic rings. The van der Waals surface area contributed by atoms with Crippen molar-refractivity contribution in [3.63, 3.8) is 0 Å². The maximum atomic E-state index is 12.4. The van der Waals surface area contributed by atoms with Gasteiger partial charge in [-0.15, -0.1) is 0 Å². The number of hydrogen-bond acceptors (Lipinski definition) is 5. The fourth-order valence-electron chi connectivity index (χ4n) is 3.41. The van der Waals surface area contributed by atoms with E-state index in [0.29, 0.717) is 17.8 Å². The van der Waals surface area contributed by atoms with E-state index in [4.69, 9.17) is 9.15 Å². The molecule has 146 valence electrons. The predicted molar refractivity (Wildman–Crippen MR) is 105 cm³/mol. The molecule has 27 heavy (non-hydrogen) atoms. The number of carbonyl (C=O) groups is 1. The summed E-state index contributed by atoms with van der Waals surface area (Å²) in [5.41, 5.74) is 1.38. The van der Waals surface area contributed by atoms with Crippen LogP contribution >= 0.6 is 0 Å². The summed E-state index contributed by atoms with van der Waals surface area (Å²) < 4.78 is 10.7. The molecule has 1 aromatic heterocycles. The zero-order chi connectivity index (χ0) is 19.4. The molecule has 1 aromatic carbocycles. The Hall–Kier alpha value is -2.38. The minimum atomic E-state index is -0.397. The molecular weight excluding hydrogens is 346 g/mol. The molecule has 0 unspecified atom stereocenters. The standard InChI is InChI=1S/C20H27N3O4/c1-4-20(3,23-7-9-26-10-8-23)13-21-19(25)22-15-5-6-16-14(2)11-18(24)27-17(16)12-15/h5-6,11-12H,4,7-10,13H2,1-3H3,(H2,21,22,25)/t20-/m1/s1. The van der Waals surface area contributed by atoms with Gasteiger partial charge in [0.15, 0.2) is 0 Å². The van der Waals surface area contributed by atoms with Crippen molar-refractivity contribution in [2.75, 3.05) is 38.2 Å². The minimum absolute atomic E-state index is 0.117. The zero-order valence-corrected chi connectivity index (χ0v) is 16.1. The Labute approximate surface area is 158 Å². The number of carbonyl (C=O) groups excluding carboxylic acids is 1. The van der Waals surface area contributed by atoms with Gasteiger partial charge in [-0.1, -0.05) is 6.92 Å². The molecule has 2 N–H and O–H groups in total. The fourth-order valence-corrected chi connectivity index (χ4v) is 3.41. The Morgan fingerprint density at radius 1 is 1.26 bits per heavy atom. The van der Waals surface area contributed by atoms with Gasteiger partial charge in [0, 0.05) is 48.4 Å². The van der Waals surface area contributed by atoms with Gasteiger partial charge in [-0.2, -0.15) is 0 Å². The number of rotatable bonds is 5. The summed E-state index contributed by atoms with van der Waals surface area (Å²) in [5.74, 6) is 0. The van der Waals surface area contributed by atoms with E-state index in [0.717, 1.165) is 43.7 Å². The second-order valence-electron chi connectivity index (χ2n) is 7.22. The van der Waals surface area contributed by atoms with Crippen LogP contribution in [0.25, 0.3) is 11.0 Å². The summed E-state index contributed by atoms with van der Waals surface area (Å²) in [7, 11) is 0. The molecule has 0 radical (unpaired) electrons. The van der Waals surface area contributed by atoms with Crippen molar-refractivity contribution in [3.8, 4) is 0 Å². The number of urea groups is 1. The molecule has 0 spiro atoms. The molecule has 1 aliphatic heterocycles. The van der Waals surface area contributed by atoms with E-state index < -0.39 is 5.63 Å². The first-order chi connectivity index (χ1) is 12.9. The number of anilines is 1. The van der Waals surface area contributed by atoms with Gasteiger partial charge in [0.1, 0.15) is 5.58 Å². The average Bonchev–Trinajstić information content (AvgIpc) is 2.66. The molecule has 1 saturated heterocycles. The first kappa shape index (κ1) is 19.4. The van der Waals surface area contributed by atoms with Gasteiger partial charge in [0.25, 0.3) is 0 Å². The van der Waals surface area contributed by atoms with E-state index in [-0.39, 0.29) is 11.6 Å². The number of nitrogens with one attached hydrogen (secondary N) is 2. The average molecular weight is 373 g/mol. The van der Waals surface area contributed by atoms with Crippen LogP contribution in [0.3, 0.4) is 0 Å². The highest BCUT2D eigenvalue weighted by molar-refractivity contribution is 5.92. The van der Waals surface area contributed by atoms with Crippen molar-refractivity contribution in [1.29, 1.82) is 0 Å². The quantitative estimate of drug-likeness (QED) is 0.788. The lowest BCUT2D eigenvalue weighted by Crippen LogP contribution is -2.57. The van der Waals surface area contributed by atoms with Gasteiger partial charge in [-0.3, -0.25) is 4.90 Å². The number of ether oxygens (including phenoxy) is 1. The predicted octanol–water partition coefficient (Wildman–Crippen LogP) is 2.72. The molecule has 2 amide bonds. The molecule has 0 saturated carbocycles. The third-order valence-corrected chi connectivity index (χ3v) is 5.38. The Balaban J connectivity index is 1.65. The number of fused-ring (bicyclic) bond motifs is 1. The number of amides is 2. The highest BCUT2D eigenvalue weighted by atomic mass is 16.5. The van der Waals surface area contributed by atoms with Crippen molar-refractivity contribution in [2.24, 2.45) is 0 Å². The number of morpholine rings is 1. The maximum absolute atomic E-state index is 12.4. The van der Waals surface area contributed by atoms with Crippen molar-refractivity contribution >= 4 is 22.7 Å². The molecule has 1 atom stereocenters. The smallest absolute Gasteiger partial charge is 0.336 e. The van der Waals surface area contributed by atoms with Gasteiger partial charge in [0.05, 0.1) is 13.2 Å². The lowest BCUT2D eigenvalue weighted by Gasteiger charge is -2.43. The van der Waals surface area contributed by atoms with Crippen LogP contribution in [0.4, 0.5) is 10.5 Å². The van der Waals surface area contributed by atoms with Gasteiger partial charge in [-0.05, 0) is 38.0 Å². The third-order valence-electron chi connectivity index (χ3n) is 5.38.